The first-order chi connectivity index (χ1) is 7.13. The van der Waals surface area contributed by atoms with Gasteiger partial charge in [-0.25, -0.2) is 0 Å². The minimum atomic E-state index is -0.617. The Hall–Kier alpha value is -0.160. The predicted molar refractivity (Wildman–Crippen MR) is 60.8 cm³/mol. The highest BCUT2D eigenvalue weighted by atomic mass is 16.3. The highest BCUT2D eigenvalue weighted by Crippen LogP contribution is 2.12. The number of hydrogen-bond acceptors (Lipinski definition) is 4. The zero-order chi connectivity index (χ0) is 11.3. The molecule has 0 saturated carbocycles. The monoisotopic (exact) mass is 216 g/mol. The lowest BCUT2D eigenvalue weighted by molar-refractivity contribution is 0.0860. The van der Waals surface area contributed by atoms with Crippen molar-refractivity contribution in [3.63, 3.8) is 0 Å². The van der Waals surface area contributed by atoms with E-state index in [4.69, 9.17) is 5.11 Å². The van der Waals surface area contributed by atoms with Crippen LogP contribution in [0.15, 0.2) is 0 Å². The number of hydrogen-bond donors (Lipinski definition) is 3. The second-order valence-corrected chi connectivity index (χ2v) is 4.65. The average molecular weight is 216 g/mol. The Balaban J connectivity index is 2.14. The van der Waals surface area contributed by atoms with Crippen molar-refractivity contribution >= 4 is 0 Å². The average Bonchev–Trinajstić information content (AvgIpc) is 2.26. The SMILES string of the molecule is CC(C)N1CCC(NCC(O)CO)CC1. The van der Waals surface area contributed by atoms with E-state index in [1.54, 1.807) is 0 Å². The minimum absolute atomic E-state index is 0.155. The number of aliphatic hydroxyl groups excluding tert-OH is 2. The van der Waals surface area contributed by atoms with Crippen LogP contribution in [0.2, 0.25) is 0 Å². The Morgan fingerprint density at radius 1 is 1.33 bits per heavy atom. The van der Waals surface area contributed by atoms with Crippen molar-refractivity contribution in [3.05, 3.63) is 0 Å². The standard InChI is InChI=1S/C11H24N2O2/c1-9(2)13-5-3-10(4-6-13)12-7-11(15)8-14/h9-12,14-15H,3-8H2,1-2H3. The van der Waals surface area contributed by atoms with Crippen LogP contribution < -0.4 is 5.32 Å². The topological polar surface area (TPSA) is 55.7 Å². The molecule has 0 aromatic heterocycles. The molecule has 4 nitrogen and oxygen atoms in total. The van der Waals surface area contributed by atoms with Crippen LogP contribution in [0.1, 0.15) is 26.7 Å². The molecule has 0 spiro atoms. The van der Waals surface area contributed by atoms with E-state index < -0.39 is 6.10 Å². The summed E-state index contributed by atoms with van der Waals surface area (Å²) in [5, 5.41) is 21.2. The summed E-state index contributed by atoms with van der Waals surface area (Å²) in [5.74, 6) is 0. The summed E-state index contributed by atoms with van der Waals surface area (Å²) in [6.45, 7) is 7.06. The minimum Gasteiger partial charge on any atom is -0.394 e. The molecule has 0 radical (unpaired) electrons. The van der Waals surface area contributed by atoms with E-state index >= 15 is 0 Å². The van der Waals surface area contributed by atoms with Crippen LogP contribution in [0.25, 0.3) is 0 Å². The molecule has 1 aliphatic rings. The molecule has 0 amide bonds. The summed E-state index contributed by atoms with van der Waals surface area (Å²) in [5.41, 5.74) is 0. The molecule has 0 aliphatic carbocycles. The fourth-order valence-electron chi connectivity index (χ4n) is 1.99. The first-order valence-corrected chi connectivity index (χ1v) is 5.90. The zero-order valence-corrected chi connectivity index (χ0v) is 9.82. The fraction of sp³-hybridized carbons (Fsp3) is 1.00. The highest BCUT2D eigenvalue weighted by Gasteiger charge is 2.20. The summed E-state index contributed by atoms with van der Waals surface area (Å²) < 4.78 is 0. The molecule has 3 N–H and O–H groups in total. The molecule has 0 aromatic rings. The van der Waals surface area contributed by atoms with Gasteiger partial charge in [0.1, 0.15) is 0 Å². The van der Waals surface area contributed by atoms with Gasteiger partial charge in [-0.05, 0) is 39.8 Å². The summed E-state index contributed by atoms with van der Waals surface area (Å²) >= 11 is 0. The van der Waals surface area contributed by atoms with Crippen molar-refractivity contribution in [2.24, 2.45) is 0 Å². The molecule has 1 rings (SSSR count). The molecule has 1 saturated heterocycles. The van der Waals surface area contributed by atoms with Crippen LogP contribution in [0.4, 0.5) is 0 Å². The van der Waals surface area contributed by atoms with E-state index in [0.29, 0.717) is 18.6 Å². The number of likely N-dealkylation sites (tertiary alicyclic amines) is 1. The lowest BCUT2D eigenvalue weighted by atomic mass is 10.0. The Morgan fingerprint density at radius 2 is 1.93 bits per heavy atom. The summed E-state index contributed by atoms with van der Waals surface area (Å²) in [7, 11) is 0. The van der Waals surface area contributed by atoms with E-state index in [0.717, 1.165) is 25.9 Å². The van der Waals surface area contributed by atoms with E-state index in [1.165, 1.54) is 0 Å². The van der Waals surface area contributed by atoms with Gasteiger partial charge in [0.15, 0.2) is 0 Å². The van der Waals surface area contributed by atoms with Crippen LogP contribution >= 0.6 is 0 Å². The van der Waals surface area contributed by atoms with Crippen molar-refractivity contribution in [2.75, 3.05) is 26.2 Å². The molecule has 1 aliphatic heterocycles. The Kier molecular flexibility index (Phi) is 5.53. The second kappa shape index (κ2) is 6.43. The van der Waals surface area contributed by atoms with Gasteiger partial charge in [-0.1, -0.05) is 0 Å². The molecule has 1 unspecified atom stereocenters. The maximum absolute atomic E-state index is 9.21. The molecule has 1 heterocycles. The van der Waals surface area contributed by atoms with Gasteiger partial charge in [0.2, 0.25) is 0 Å². The predicted octanol–water partition coefficient (Wildman–Crippen LogP) is -0.198. The molecule has 15 heavy (non-hydrogen) atoms. The fourth-order valence-corrected chi connectivity index (χ4v) is 1.99. The number of rotatable bonds is 5. The third kappa shape index (κ3) is 4.47. The summed E-state index contributed by atoms with van der Waals surface area (Å²) in [6, 6.07) is 1.13. The van der Waals surface area contributed by atoms with Crippen LogP contribution in [-0.4, -0.2) is 59.5 Å². The van der Waals surface area contributed by atoms with Crippen LogP contribution in [0.3, 0.4) is 0 Å². The van der Waals surface area contributed by atoms with Gasteiger partial charge in [0.25, 0.3) is 0 Å². The number of aliphatic hydroxyl groups is 2. The normalized spacial score (nSPS) is 22.2. The maximum atomic E-state index is 9.21. The lowest BCUT2D eigenvalue weighted by Crippen LogP contribution is -2.46. The van der Waals surface area contributed by atoms with E-state index in [-0.39, 0.29) is 6.61 Å². The van der Waals surface area contributed by atoms with Gasteiger partial charge in [-0.15, -0.1) is 0 Å². The largest absolute Gasteiger partial charge is 0.394 e. The van der Waals surface area contributed by atoms with E-state index in [2.05, 4.69) is 24.1 Å². The third-order valence-corrected chi connectivity index (χ3v) is 3.11. The molecule has 4 heteroatoms. The van der Waals surface area contributed by atoms with Crippen molar-refractivity contribution < 1.29 is 10.2 Å². The van der Waals surface area contributed by atoms with Gasteiger partial charge >= 0.3 is 0 Å². The van der Waals surface area contributed by atoms with Crippen LogP contribution in [0.5, 0.6) is 0 Å². The molecule has 0 aromatic carbocycles. The van der Waals surface area contributed by atoms with Crippen LogP contribution in [0, 0.1) is 0 Å². The van der Waals surface area contributed by atoms with Crippen molar-refractivity contribution in [1.29, 1.82) is 0 Å². The highest BCUT2D eigenvalue weighted by molar-refractivity contribution is 4.79. The second-order valence-electron chi connectivity index (χ2n) is 4.65. The number of nitrogens with zero attached hydrogens (tertiary/aromatic N) is 1. The molecule has 90 valence electrons. The smallest absolute Gasteiger partial charge is 0.0895 e. The van der Waals surface area contributed by atoms with Crippen LogP contribution in [-0.2, 0) is 0 Å². The van der Waals surface area contributed by atoms with Gasteiger partial charge in [-0.2, -0.15) is 0 Å². The Labute approximate surface area is 92.3 Å². The molecule has 1 atom stereocenters. The molecule has 1 fully saturated rings. The van der Waals surface area contributed by atoms with Gasteiger partial charge in [-0.3, -0.25) is 0 Å². The third-order valence-electron chi connectivity index (χ3n) is 3.11. The van der Waals surface area contributed by atoms with E-state index in [1.807, 2.05) is 0 Å². The van der Waals surface area contributed by atoms with Crippen molar-refractivity contribution in [1.82, 2.24) is 10.2 Å². The first kappa shape index (κ1) is 12.9. The summed E-state index contributed by atoms with van der Waals surface area (Å²) in [6.07, 6.45) is 1.65. The quantitative estimate of drug-likeness (QED) is 0.596. The number of piperidine rings is 1. The molecular weight excluding hydrogens is 192 g/mol. The first-order valence-electron chi connectivity index (χ1n) is 5.90. The number of nitrogens with one attached hydrogen (secondary N) is 1. The molecule has 0 bridgehead atoms. The van der Waals surface area contributed by atoms with Gasteiger partial charge < -0.3 is 20.4 Å². The van der Waals surface area contributed by atoms with E-state index in [9.17, 15) is 5.11 Å². The van der Waals surface area contributed by atoms with Gasteiger partial charge in [0.05, 0.1) is 12.7 Å². The Bertz CT molecular complexity index is 168. The maximum Gasteiger partial charge on any atom is 0.0895 e. The zero-order valence-electron chi connectivity index (χ0n) is 9.82. The summed E-state index contributed by atoms with van der Waals surface area (Å²) in [4.78, 5) is 2.47. The van der Waals surface area contributed by atoms with Gasteiger partial charge in [0, 0.05) is 18.6 Å². The lowest BCUT2D eigenvalue weighted by Gasteiger charge is -2.35. The Morgan fingerprint density at radius 3 is 2.40 bits per heavy atom. The van der Waals surface area contributed by atoms with Crippen molar-refractivity contribution in [3.8, 4) is 0 Å². The van der Waals surface area contributed by atoms with Crippen molar-refractivity contribution in [2.45, 2.75) is 44.9 Å². The molecular formula is C11H24N2O2.